The molecular formula is C16H22FNO3. The van der Waals surface area contributed by atoms with E-state index >= 15 is 0 Å². The highest BCUT2D eigenvalue weighted by Gasteiger charge is 2.19. The van der Waals surface area contributed by atoms with Gasteiger partial charge in [-0.15, -0.1) is 0 Å². The highest BCUT2D eigenvalue weighted by atomic mass is 19.1. The molecule has 1 aromatic carbocycles. The summed E-state index contributed by atoms with van der Waals surface area (Å²) in [6.07, 6.45) is 1.64. The lowest BCUT2D eigenvalue weighted by Crippen LogP contribution is -2.35. The van der Waals surface area contributed by atoms with Crippen molar-refractivity contribution in [1.29, 1.82) is 0 Å². The van der Waals surface area contributed by atoms with Crippen molar-refractivity contribution < 1.29 is 18.7 Å². The molecule has 0 saturated carbocycles. The molecule has 1 heterocycles. The topological polar surface area (TPSA) is 47.6 Å². The molecular weight excluding hydrogens is 273 g/mol. The van der Waals surface area contributed by atoms with Gasteiger partial charge in [-0.05, 0) is 43.9 Å². The summed E-state index contributed by atoms with van der Waals surface area (Å²) in [7, 11) is 0. The van der Waals surface area contributed by atoms with Crippen molar-refractivity contribution in [2.75, 3.05) is 13.2 Å². The minimum Gasteiger partial charge on any atom is -0.376 e. The largest absolute Gasteiger partial charge is 0.376 e. The summed E-state index contributed by atoms with van der Waals surface area (Å²) in [5, 5.41) is 2.79. The Hall–Kier alpha value is -1.46. The van der Waals surface area contributed by atoms with Gasteiger partial charge in [0.05, 0.1) is 12.7 Å². The Kier molecular flexibility index (Phi) is 5.70. The van der Waals surface area contributed by atoms with Crippen LogP contribution in [0.15, 0.2) is 18.2 Å². The van der Waals surface area contributed by atoms with E-state index in [1.165, 1.54) is 6.07 Å². The first kappa shape index (κ1) is 15.9. The van der Waals surface area contributed by atoms with Crippen molar-refractivity contribution in [3.05, 3.63) is 35.1 Å². The van der Waals surface area contributed by atoms with Gasteiger partial charge < -0.3 is 14.8 Å². The fourth-order valence-electron chi connectivity index (χ4n) is 2.25. The molecule has 1 N–H and O–H groups in total. The summed E-state index contributed by atoms with van der Waals surface area (Å²) < 4.78 is 24.1. The highest BCUT2D eigenvalue weighted by molar-refractivity contribution is 5.80. The quantitative estimate of drug-likeness (QED) is 0.876. The van der Waals surface area contributed by atoms with Crippen LogP contribution in [0.5, 0.6) is 0 Å². The van der Waals surface area contributed by atoms with E-state index in [-0.39, 0.29) is 17.8 Å². The second-order valence-electron chi connectivity index (χ2n) is 5.41. The van der Waals surface area contributed by atoms with Crippen LogP contribution < -0.4 is 5.32 Å². The van der Waals surface area contributed by atoms with Crippen molar-refractivity contribution in [3.63, 3.8) is 0 Å². The Bertz CT molecular complexity index is 486. The van der Waals surface area contributed by atoms with Crippen LogP contribution in [0.4, 0.5) is 4.39 Å². The van der Waals surface area contributed by atoms with Gasteiger partial charge in [0.2, 0.25) is 5.91 Å². The predicted octanol–water partition coefficient (Wildman–Crippen LogP) is 2.33. The van der Waals surface area contributed by atoms with Crippen LogP contribution in [0.3, 0.4) is 0 Å². The van der Waals surface area contributed by atoms with Crippen LogP contribution in [0.2, 0.25) is 0 Å². The number of nitrogens with one attached hydrogen (secondary N) is 1. The first-order valence-corrected chi connectivity index (χ1v) is 7.32. The van der Waals surface area contributed by atoms with Crippen molar-refractivity contribution >= 4 is 5.91 Å². The maximum atomic E-state index is 13.2. The van der Waals surface area contributed by atoms with E-state index in [0.717, 1.165) is 25.0 Å². The molecule has 0 aromatic heterocycles. The van der Waals surface area contributed by atoms with Crippen molar-refractivity contribution in [3.8, 4) is 0 Å². The van der Waals surface area contributed by atoms with E-state index in [1.807, 2.05) is 0 Å². The number of rotatable bonds is 6. The summed E-state index contributed by atoms with van der Waals surface area (Å²) >= 11 is 0. The second-order valence-corrected chi connectivity index (χ2v) is 5.41. The second kappa shape index (κ2) is 7.52. The van der Waals surface area contributed by atoms with Gasteiger partial charge in [-0.3, -0.25) is 4.79 Å². The van der Waals surface area contributed by atoms with Gasteiger partial charge in [0.25, 0.3) is 0 Å². The van der Waals surface area contributed by atoms with Crippen LogP contribution in [0.1, 0.15) is 30.9 Å². The summed E-state index contributed by atoms with van der Waals surface area (Å²) in [6.45, 7) is 5.02. The first-order valence-electron chi connectivity index (χ1n) is 7.32. The zero-order chi connectivity index (χ0) is 15.2. The van der Waals surface area contributed by atoms with Gasteiger partial charge in [-0.1, -0.05) is 12.1 Å². The van der Waals surface area contributed by atoms with Gasteiger partial charge in [0, 0.05) is 13.2 Å². The van der Waals surface area contributed by atoms with Crippen molar-refractivity contribution in [1.82, 2.24) is 5.32 Å². The minimum atomic E-state index is -0.518. The third kappa shape index (κ3) is 4.79. The van der Waals surface area contributed by atoms with E-state index in [9.17, 15) is 9.18 Å². The number of hydrogen-bond donors (Lipinski definition) is 1. The normalized spacial score (nSPS) is 19.5. The van der Waals surface area contributed by atoms with Crippen LogP contribution in [-0.4, -0.2) is 31.3 Å². The molecule has 1 saturated heterocycles. The molecule has 0 aliphatic carbocycles. The molecule has 1 amide bonds. The average molecular weight is 295 g/mol. The predicted molar refractivity (Wildman–Crippen MR) is 77.4 cm³/mol. The molecule has 1 aromatic rings. The Balaban J connectivity index is 1.73. The third-order valence-electron chi connectivity index (χ3n) is 3.61. The molecule has 1 aliphatic rings. The van der Waals surface area contributed by atoms with E-state index in [1.54, 1.807) is 26.0 Å². The lowest BCUT2D eigenvalue weighted by Gasteiger charge is -2.16. The van der Waals surface area contributed by atoms with Crippen LogP contribution in [0.25, 0.3) is 0 Å². The zero-order valence-corrected chi connectivity index (χ0v) is 12.5. The number of hydrogen-bond acceptors (Lipinski definition) is 3. The minimum absolute atomic E-state index is 0.111. The molecule has 0 radical (unpaired) electrons. The molecule has 2 rings (SSSR count). The summed E-state index contributed by atoms with van der Waals surface area (Å²) in [4.78, 5) is 11.9. The van der Waals surface area contributed by atoms with Crippen LogP contribution in [-0.2, 0) is 20.8 Å². The number of ether oxygens (including phenoxy) is 2. The number of halogens is 1. The molecule has 2 atom stereocenters. The lowest BCUT2D eigenvalue weighted by atomic mass is 10.1. The molecule has 21 heavy (non-hydrogen) atoms. The van der Waals surface area contributed by atoms with E-state index in [0.29, 0.717) is 18.7 Å². The van der Waals surface area contributed by atoms with Gasteiger partial charge in [-0.2, -0.15) is 0 Å². The standard InChI is InChI=1S/C16H22FNO3/c1-11-8-13(5-6-15(11)17)9-18-16(19)12(2)21-10-14-4-3-7-20-14/h5-6,8,12,14H,3-4,7,9-10H2,1-2H3,(H,18,19)/t12-,14-/m0/s1. The molecule has 116 valence electrons. The summed E-state index contributed by atoms with van der Waals surface area (Å²) in [6, 6.07) is 4.81. The zero-order valence-electron chi connectivity index (χ0n) is 12.5. The lowest BCUT2D eigenvalue weighted by molar-refractivity contribution is -0.133. The molecule has 0 bridgehead atoms. The van der Waals surface area contributed by atoms with Crippen molar-refractivity contribution in [2.24, 2.45) is 0 Å². The number of carbonyl (C=O) groups is 1. The molecule has 1 fully saturated rings. The number of carbonyl (C=O) groups excluding carboxylic acids is 1. The van der Waals surface area contributed by atoms with Crippen molar-refractivity contribution in [2.45, 2.75) is 45.4 Å². The Morgan fingerprint density at radius 3 is 3.05 bits per heavy atom. The van der Waals surface area contributed by atoms with Gasteiger partial charge in [0.15, 0.2) is 0 Å². The summed E-state index contributed by atoms with van der Waals surface area (Å²) in [5.74, 6) is -0.409. The third-order valence-corrected chi connectivity index (χ3v) is 3.61. The number of aryl methyl sites for hydroxylation is 1. The van der Waals surface area contributed by atoms with Gasteiger partial charge in [-0.25, -0.2) is 4.39 Å². The maximum Gasteiger partial charge on any atom is 0.249 e. The van der Waals surface area contributed by atoms with Gasteiger partial charge in [0.1, 0.15) is 11.9 Å². The fourth-order valence-corrected chi connectivity index (χ4v) is 2.25. The molecule has 4 nitrogen and oxygen atoms in total. The Labute approximate surface area is 124 Å². The molecule has 5 heteroatoms. The van der Waals surface area contributed by atoms with Gasteiger partial charge >= 0.3 is 0 Å². The maximum absolute atomic E-state index is 13.2. The fraction of sp³-hybridized carbons (Fsp3) is 0.562. The Morgan fingerprint density at radius 2 is 2.38 bits per heavy atom. The van der Waals surface area contributed by atoms with Crippen LogP contribution >= 0.6 is 0 Å². The van der Waals surface area contributed by atoms with E-state index < -0.39 is 6.10 Å². The Morgan fingerprint density at radius 1 is 1.57 bits per heavy atom. The molecule has 0 unspecified atom stereocenters. The summed E-state index contributed by atoms with van der Waals surface area (Å²) in [5.41, 5.74) is 1.44. The van der Waals surface area contributed by atoms with E-state index in [4.69, 9.17) is 9.47 Å². The smallest absolute Gasteiger partial charge is 0.249 e. The van der Waals surface area contributed by atoms with E-state index in [2.05, 4.69) is 5.32 Å². The number of benzene rings is 1. The van der Waals surface area contributed by atoms with Crippen LogP contribution in [0, 0.1) is 12.7 Å². The molecule has 0 spiro atoms. The average Bonchev–Trinajstić information content (AvgIpc) is 2.99. The highest BCUT2D eigenvalue weighted by Crippen LogP contribution is 2.13. The first-order chi connectivity index (χ1) is 10.1. The monoisotopic (exact) mass is 295 g/mol. The number of amides is 1. The molecule has 1 aliphatic heterocycles. The SMILES string of the molecule is Cc1cc(CNC(=O)[C@H](C)OC[C@@H]2CCCO2)ccc1F.